The summed E-state index contributed by atoms with van der Waals surface area (Å²) in [5.41, 5.74) is 3.92. The number of phenols is 2. The van der Waals surface area contributed by atoms with Crippen LogP contribution in [0.4, 0.5) is 13.2 Å². The number of pyridine rings is 1. The molecule has 0 amide bonds. The lowest BCUT2D eigenvalue weighted by molar-refractivity contribution is 0.477. The van der Waals surface area contributed by atoms with E-state index in [1.54, 1.807) is 42.6 Å². The molecule has 0 unspecified atom stereocenters. The van der Waals surface area contributed by atoms with Crippen LogP contribution in [0.1, 0.15) is 0 Å². The maximum Gasteiger partial charge on any atom is 0.159 e. The third-order valence-corrected chi connectivity index (χ3v) is 5.51. The molecular formula is C27H16F3NO2. The quantitative estimate of drug-likeness (QED) is 0.314. The fraction of sp³-hybridized carbons (Fsp3) is 0. The summed E-state index contributed by atoms with van der Waals surface area (Å²) in [5, 5.41) is 21.4. The van der Waals surface area contributed by atoms with Gasteiger partial charge in [-0.2, -0.15) is 0 Å². The predicted octanol–water partition coefficient (Wildman–Crippen LogP) is 7.06. The van der Waals surface area contributed by atoms with E-state index in [-0.39, 0.29) is 17.3 Å². The molecule has 0 aliphatic rings. The number of halogens is 3. The minimum absolute atomic E-state index is 0.0599. The molecule has 0 saturated carbocycles. The highest BCUT2D eigenvalue weighted by Crippen LogP contribution is 2.37. The maximum atomic E-state index is 13.7. The van der Waals surface area contributed by atoms with Gasteiger partial charge in [0.15, 0.2) is 11.6 Å². The van der Waals surface area contributed by atoms with Crippen molar-refractivity contribution < 1.29 is 23.4 Å². The lowest BCUT2D eigenvalue weighted by Crippen LogP contribution is -1.89. The van der Waals surface area contributed by atoms with Crippen molar-refractivity contribution in [2.75, 3.05) is 0 Å². The Bertz CT molecular complexity index is 1510. The van der Waals surface area contributed by atoms with Crippen molar-refractivity contribution in [1.82, 2.24) is 4.98 Å². The van der Waals surface area contributed by atoms with Gasteiger partial charge in [-0.3, -0.25) is 4.98 Å². The Kier molecular flexibility index (Phi) is 4.98. The Labute approximate surface area is 187 Å². The topological polar surface area (TPSA) is 53.4 Å². The van der Waals surface area contributed by atoms with E-state index in [0.29, 0.717) is 33.2 Å². The van der Waals surface area contributed by atoms with Crippen LogP contribution in [0.3, 0.4) is 0 Å². The monoisotopic (exact) mass is 443 g/mol. The first kappa shape index (κ1) is 20.6. The van der Waals surface area contributed by atoms with E-state index in [1.807, 2.05) is 6.07 Å². The molecule has 0 bridgehead atoms. The van der Waals surface area contributed by atoms with Gasteiger partial charge in [0.1, 0.15) is 17.3 Å². The van der Waals surface area contributed by atoms with Gasteiger partial charge >= 0.3 is 0 Å². The van der Waals surface area contributed by atoms with Crippen LogP contribution in [-0.4, -0.2) is 15.2 Å². The van der Waals surface area contributed by atoms with Crippen molar-refractivity contribution in [3.05, 3.63) is 103 Å². The smallest absolute Gasteiger partial charge is 0.159 e. The number of nitrogens with zero attached hydrogens (tertiary/aromatic N) is 1. The highest BCUT2D eigenvalue weighted by Gasteiger charge is 2.12. The molecule has 0 atom stereocenters. The maximum absolute atomic E-state index is 13.7. The third-order valence-electron chi connectivity index (χ3n) is 5.51. The molecular weight excluding hydrogens is 427 g/mol. The van der Waals surface area contributed by atoms with E-state index in [0.717, 1.165) is 23.3 Å². The number of benzene rings is 4. The summed E-state index contributed by atoms with van der Waals surface area (Å²) in [4.78, 5) is 4.42. The average Bonchev–Trinajstić information content (AvgIpc) is 2.81. The number of aromatic hydroxyl groups is 2. The number of aromatic nitrogens is 1. The molecule has 0 spiro atoms. The summed E-state index contributed by atoms with van der Waals surface area (Å²) < 4.78 is 40.3. The molecule has 5 rings (SSSR count). The van der Waals surface area contributed by atoms with Crippen LogP contribution in [0.2, 0.25) is 0 Å². The van der Waals surface area contributed by atoms with E-state index >= 15 is 0 Å². The van der Waals surface area contributed by atoms with Crippen LogP contribution in [0.15, 0.2) is 85.1 Å². The zero-order valence-corrected chi connectivity index (χ0v) is 17.1. The molecule has 4 aromatic carbocycles. The fourth-order valence-corrected chi connectivity index (χ4v) is 3.79. The molecule has 0 fully saturated rings. The Morgan fingerprint density at radius 1 is 0.545 bits per heavy atom. The van der Waals surface area contributed by atoms with E-state index in [4.69, 9.17) is 0 Å². The molecule has 1 aromatic heterocycles. The van der Waals surface area contributed by atoms with Gasteiger partial charge in [-0.15, -0.1) is 0 Å². The van der Waals surface area contributed by atoms with E-state index in [2.05, 4.69) is 4.98 Å². The molecule has 162 valence electrons. The zero-order valence-electron chi connectivity index (χ0n) is 17.1. The van der Waals surface area contributed by atoms with E-state index in [9.17, 15) is 23.4 Å². The average molecular weight is 443 g/mol. The molecule has 0 saturated heterocycles. The van der Waals surface area contributed by atoms with Gasteiger partial charge < -0.3 is 10.2 Å². The second kappa shape index (κ2) is 7.98. The van der Waals surface area contributed by atoms with E-state index in [1.165, 1.54) is 24.3 Å². The van der Waals surface area contributed by atoms with Crippen molar-refractivity contribution in [1.29, 1.82) is 0 Å². The number of rotatable bonds is 3. The normalized spacial score (nSPS) is 11.1. The van der Waals surface area contributed by atoms with Crippen LogP contribution in [0, 0.1) is 17.5 Å². The van der Waals surface area contributed by atoms with Gasteiger partial charge in [0, 0.05) is 34.3 Å². The summed E-state index contributed by atoms with van der Waals surface area (Å²) in [5.74, 6) is -2.38. The summed E-state index contributed by atoms with van der Waals surface area (Å²) in [6.45, 7) is 0. The van der Waals surface area contributed by atoms with Crippen molar-refractivity contribution in [2.24, 2.45) is 0 Å². The highest BCUT2D eigenvalue weighted by molar-refractivity contribution is 5.91. The standard InChI is InChI=1S/C27H16F3NO2/c28-20-5-1-15(2-6-20)21-10-16(4-8-26(21)32)19-9-18-11-22(27(33)13-25(18)31-14-19)17-3-7-23(29)24(30)12-17/h1-14,32-33H. The first-order chi connectivity index (χ1) is 15.9. The van der Waals surface area contributed by atoms with Gasteiger partial charge in [-0.05, 0) is 65.2 Å². The number of hydrogen-bond donors (Lipinski definition) is 2. The summed E-state index contributed by atoms with van der Waals surface area (Å²) in [6, 6.07) is 19.3. The summed E-state index contributed by atoms with van der Waals surface area (Å²) in [6.07, 6.45) is 1.64. The van der Waals surface area contributed by atoms with Crippen molar-refractivity contribution >= 4 is 10.9 Å². The SMILES string of the molecule is Oc1ccc(-c2cnc3cc(O)c(-c4ccc(F)c(F)c4)cc3c2)cc1-c1ccc(F)cc1. The Balaban J connectivity index is 1.61. The molecule has 0 aliphatic carbocycles. The third kappa shape index (κ3) is 3.87. The van der Waals surface area contributed by atoms with Gasteiger partial charge in [0.05, 0.1) is 5.52 Å². The zero-order chi connectivity index (χ0) is 23.1. The molecule has 2 N–H and O–H groups in total. The van der Waals surface area contributed by atoms with Crippen molar-refractivity contribution in [3.63, 3.8) is 0 Å². The second-order valence-corrected chi connectivity index (χ2v) is 7.65. The van der Waals surface area contributed by atoms with Gasteiger partial charge in [-0.1, -0.05) is 24.3 Å². The minimum Gasteiger partial charge on any atom is -0.507 e. The molecule has 1 heterocycles. The first-order valence-corrected chi connectivity index (χ1v) is 10.1. The lowest BCUT2D eigenvalue weighted by atomic mass is 9.97. The van der Waals surface area contributed by atoms with Crippen LogP contribution < -0.4 is 0 Å². The minimum atomic E-state index is -1.00. The predicted molar refractivity (Wildman–Crippen MR) is 121 cm³/mol. The van der Waals surface area contributed by atoms with Gasteiger partial charge in [-0.25, -0.2) is 13.2 Å². The molecule has 6 heteroatoms. The molecule has 33 heavy (non-hydrogen) atoms. The second-order valence-electron chi connectivity index (χ2n) is 7.65. The fourth-order valence-electron chi connectivity index (χ4n) is 3.79. The van der Waals surface area contributed by atoms with Crippen LogP contribution in [0.5, 0.6) is 11.5 Å². The Morgan fingerprint density at radius 2 is 1.24 bits per heavy atom. The summed E-state index contributed by atoms with van der Waals surface area (Å²) in [7, 11) is 0. The van der Waals surface area contributed by atoms with Gasteiger partial charge in [0.25, 0.3) is 0 Å². The lowest BCUT2D eigenvalue weighted by Gasteiger charge is -2.11. The first-order valence-electron chi connectivity index (χ1n) is 10.1. The molecule has 0 aliphatic heterocycles. The van der Waals surface area contributed by atoms with Crippen LogP contribution >= 0.6 is 0 Å². The largest absolute Gasteiger partial charge is 0.507 e. The van der Waals surface area contributed by atoms with Crippen LogP contribution in [-0.2, 0) is 0 Å². The summed E-state index contributed by atoms with van der Waals surface area (Å²) >= 11 is 0. The number of fused-ring (bicyclic) bond motifs is 1. The van der Waals surface area contributed by atoms with Gasteiger partial charge in [0.2, 0.25) is 0 Å². The Morgan fingerprint density at radius 3 is 2.00 bits per heavy atom. The molecule has 3 nitrogen and oxygen atoms in total. The Hall–Kier alpha value is -4.32. The molecule has 5 aromatic rings. The number of phenolic OH excluding ortho intramolecular Hbond substituents is 2. The van der Waals surface area contributed by atoms with E-state index < -0.39 is 11.6 Å². The molecule has 0 radical (unpaired) electrons. The van der Waals surface area contributed by atoms with Crippen molar-refractivity contribution in [3.8, 4) is 44.9 Å². The highest BCUT2D eigenvalue weighted by atomic mass is 19.2. The number of hydrogen-bond acceptors (Lipinski definition) is 3. The van der Waals surface area contributed by atoms with Crippen LogP contribution in [0.25, 0.3) is 44.3 Å². The van der Waals surface area contributed by atoms with Crippen molar-refractivity contribution in [2.45, 2.75) is 0 Å².